The summed E-state index contributed by atoms with van der Waals surface area (Å²) in [4.78, 5) is 33.4. The Balaban J connectivity index is 2.39. The Morgan fingerprint density at radius 1 is 1.29 bits per heavy atom. The molecule has 1 aliphatic heterocycles. The third-order valence-electron chi connectivity index (χ3n) is 3.08. The van der Waals surface area contributed by atoms with E-state index in [2.05, 4.69) is 0 Å². The lowest BCUT2D eigenvalue weighted by atomic mass is 10.2. The molecule has 1 aromatic carbocycles. The van der Waals surface area contributed by atoms with Gasteiger partial charge in [0.15, 0.2) is 0 Å². The van der Waals surface area contributed by atoms with Crippen LogP contribution < -0.4 is 5.32 Å². The van der Waals surface area contributed by atoms with Crippen LogP contribution in [0.15, 0.2) is 29.2 Å². The lowest BCUT2D eigenvalue weighted by molar-refractivity contribution is -0.136. The number of carbonyl (C=O) groups is 3. The van der Waals surface area contributed by atoms with Crippen molar-refractivity contribution in [3.8, 4) is 0 Å². The molecule has 112 valence electrons. The summed E-state index contributed by atoms with van der Waals surface area (Å²) in [5.74, 6) is -2.58. The van der Waals surface area contributed by atoms with Crippen LogP contribution in [0.4, 0.5) is 0 Å². The molecule has 1 atom stereocenters. The number of aromatic carboxylic acids is 1. The zero-order valence-corrected chi connectivity index (χ0v) is 11.8. The molecule has 2 N–H and O–H groups in total. The quantitative estimate of drug-likeness (QED) is 0.720. The van der Waals surface area contributed by atoms with Gasteiger partial charge >= 0.3 is 5.97 Å². The number of nitrogens with one attached hydrogen (secondary N) is 1. The van der Waals surface area contributed by atoms with Gasteiger partial charge < -0.3 is 5.11 Å². The van der Waals surface area contributed by atoms with Crippen LogP contribution >= 0.6 is 0 Å². The molecule has 2 amide bonds. The lowest BCUT2D eigenvalue weighted by Crippen LogP contribution is -2.58. The van der Waals surface area contributed by atoms with Crippen molar-refractivity contribution in [3.63, 3.8) is 0 Å². The fourth-order valence-corrected chi connectivity index (χ4v) is 3.44. The number of nitrogens with zero attached hydrogens (tertiary/aromatic N) is 1. The van der Waals surface area contributed by atoms with E-state index in [0.717, 1.165) is 28.6 Å². The van der Waals surface area contributed by atoms with E-state index in [-0.39, 0.29) is 10.5 Å². The van der Waals surface area contributed by atoms with Crippen LogP contribution in [0.25, 0.3) is 0 Å². The molecular weight excluding hydrogens is 300 g/mol. The van der Waals surface area contributed by atoms with E-state index in [4.69, 9.17) is 5.11 Å². The minimum Gasteiger partial charge on any atom is -0.478 e. The first-order valence-electron chi connectivity index (χ1n) is 5.92. The highest BCUT2D eigenvalue weighted by atomic mass is 32.2. The fraction of sp³-hybridized carbons (Fsp3) is 0.250. The van der Waals surface area contributed by atoms with Gasteiger partial charge in [-0.2, -0.15) is 4.31 Å². The number of imide groups is 1. The van der Waals surface area contributed by atoms with Gasteiger partial charge in [0.2, 0.25) is 21.8 Å². The van der Waals surface area contributed by atoms with Gasteiger partial charge in [0.25, 0.3) is 0 Å². The average molecular weight is 312 g/mol. The maximum absolute atomic E-state index is 12.4. The van der Waals surface area contributed by atoms with Crippen LogP contribution in [0.5, 0.6) is 0 Å². The smallest absolute Gasteiger partial charge is 0.335 e. The maximum atomic E-state index is 12.4. The Hall–Kier alpha value is -2.26. The van der Waals surface area contributed by atoms with E-state index in [9.17, 15) is 22.8 Å². The van der Waals surface area contributed by atoms with Gasteiger partial charge in [-0.15, -0.1) is 0 Å². The van der Waals surface area contributed by atoms with Crippen molar-refractivity contribution in [1.82, 2.24) is 9.62 Å². The van der Waals surface area contributed by atoms with Crippen molar-refractivity contribution in [1.29, 1.82) is 0 Å². The number of benzene rings is 1. The molecule has 9 heteroatoms. The number of rotatable bonds is 3. The monoisotopic (exact) mass is 312 g/mol. The highest BCUT2D eigenvalue weighted by Gasteiger charge is 2.38. The molecular formula is C12H12N2O6S. The molecule has 1 aromatic rings. The predicted molar refractivity (Wildman–Crippen MR) is 69.9 cm³/mol. The number of carbonyl (C=O) groups excluding carboxylic acids is 2. The van der Waals surface area contributed by atoms with Crippen molar-refractivity contribution in [2.24, 2.45) is 0 Å². The second-order valence-corrected chi connectivity index (χ2v) is 6.36. The van der Waals surface area contributed by atoms with Crippen molar-refractivity contribution in [3.05, 3.63) is 29.8 Å². The van der Waals surface area contributed by atoms with Crippen molar-refractivity contribution >= 4 is 27.8 Å². The first kappa shape index (κ1) is 15.1. The zero-order chi connectivity index (χ0) is 15.8. The van der Waals surface area contributed by atoms with E-state index in [1.165, 1.54) is 6.92 Å². The first-order valence-corrected chi connectivity index (χ1v) is 7.36. The second-order valence-electron chi connectivity index (χ2n) is 4.47. The van der Waals surface area contributed by atoms with Crippen LogP contribution in [0.2, 0.25) is 0 Å². The fourth-order valence-electron chi connectivity index (χ4n) is 1.89. The summed E-state index contributed by atoms with van der Waals surface area (Å²) in [5, 5.41) is 10.8. The third kappa shape index (κ3) is 2.78. The summed E-state index contributed by atoms with van der Waals surface area (Å²) in [6.45, 7) is 0.904. The summed E-state index contributed by atoms with van der Waals surface area (Å²) in [6.07, 6.45) is 0. The van der Waals surface area contributed by atoms with Gasteiger partial charge in [-0.05, 0) is 31.2 Å². The number of carboxylic acid groups (broad SMARTS) is 1. The van der Waals surface area contributed by atoms with Crippen LogP contribution in [-0.4, -0.2) is 48.2 Å². The number of amides is 2. The topological polar surface area (TPSA) is 121 Å². The van der Waals surface area contributed by atoms with Gasteiger partial charge in [-0.1, -0.05) is 0 Å². The highest BCUT2D eigenvalue weighted by Crippen LogP contribution is 2.20. The molecule has 1 saturated heterocycles. The Bertz CT molecular complexity index is 710. The Kier molecular flexibility index (Phi) is 3.79. The summed E-state index contributed by atoms with van der Waals surface area (Å²) >= 11 is 0. The predicted octanol–water partition coefficient (Wildman–Crippen LogP) is -0.580. The molecule has 1 aliphatic rings. The van der Waals surface area contributed by atoms with E-state index < -0.39 is 40.4 Å². The molecule has 2 rings (SSSR count). The Labute approximate surface area is 120 Å². The summed E-state index contributed by atoms with van der Waals surface area (Å²) in [5.41, 5.74) is -0.0607. The van der Waals surface area contributed by atoms with Crippen molar-refractivity contribution in [2.75, 3.05) is 6.54 Å². The number of carboxylic acids is 1. The molecule has 8 nitrogen and oxygen atoms in total. The second kappa shape index (κ2) is 5.26. The largest absolute Gasteiger partial charge is 0.478 e. The van der Waals surface area contributed by atoms with Crippen LogP contribution in [0.3, 0.4) is 0 Å². The molecule has 0 radical (unpaired) electrons. The molecule has 0 spiro atoms. The molecule has 1 fully saturated rings. The molecule has 0 aromatic heterocycles. The number of piperazine rings is 1. The van der Waals surface area contributed by atoms with Gasteiger partial charge in [-0.25, -0.2) is 13.2 Å². The van der Waals surface area contributed by atoms with Crippen LogP contribution in [0.1, 0.15) is 17.3 Å². The van der Waals surface area contributed by atoms with Gasteiger partial charge in [0, 0.05) is 0 Å². The Morgan fingerprint density at radius 3 is 2.38 bits per heavy atom. The van der Waals surface area contributed by atoms with Crippen molar-refractivity contribution in [2.45, 2.75) is 17.9 Å². The molecule has 1 heterocycles. The zero-order valence-electron chi connectivity index (χ0n) is 10.9. The summed E-state index contributed by atoms with van der Waals surface area (Å²) < 4.78 is 25.6. The van der Waals surface area contributed by atoms with Gasteiger partial charge in [-0.3, -0.25) is 14.9 Å². The molecule has 21 heavy (non-hydrogen) atoms. The molecule has 0 aliphatic carbocycles. The maximum Gasteiger partial charge on any atom is 0.335 e. The van der Waals surface area contributed by atoms with Crippen LogP contribution in [-0.2, 0) is 19.6 Å². The number of sulfonamides is 1. The third-order valence-corrected chi connectivity index (χ3v) is 5.01. The van der Waals surface area contributed by atoms with E-state index in [0.29, 0.717) is 0 Å². The average Bonchev–Trinajstić information content (AvgIpc) is 2.42. The number of hydrogen-bond acceptors (Lipinski definition) is 5. The number of hydrogen-bond donors (Lipinski definition) is 2. The van der Waals surface area contributed by atoms with Gasteiger partial charge in [0.05, 0.1) is 17.0 Å². The minimum absolute atomic E-state index is 0.0607. The van der Waals surface area contributed by atoms with Crippen LogP contribution in [0, 0.1) is 0 Å². The Morgan fingerprint density at radius 2 is 1.86 bits per heavy atom. The highest BCUT2D eigenvalue weighted by molar-refractivity contribution is 7.89. The molecule has 1 unspecified atom stereocenters. The summed E-state index contributed by atoms with van der Waals surface area (Å²) in [6, 6.07) is 3.52. The summed E-state index contributed by atoms with van der Waals surface area (Å²) in [7, 11) is -4.06. The van der Waals surface area contributed by atoms with Crippen molar-refractivity contribution < 1.29 is 27.9 Å². The van der Waals surface area contributed by atoms with E-state index in [1.807, 2.05) is 5.32 Å². The SMILES string of the molecule is CC1C(=O)NC(=O)CN1S(=O)(=O)c1ccc(C(=O)O)cc1. The minimum atomic E-state index is -4.06. The van der Waals surface area contributed by atoms with E-state index >= 15 is 0 Å². The normalized spacial score (nSPS) is 20.1. The van der Waals surface area contributed by atoms with E-state index in [1.54, 1.807) is 0 Å². The van der Waals surface area contributed by atoms with Gasteiger partial charge in [0.1, 0.15) is 6.04 Å². The lowest BCUT2D eigenvalue weighted by Gasteiger charge is -2.30. The first-order chi connectivity index (χ1) is 9.73. The molecule has 0 saturated carbocycles. The standard InChI is InChI=1S/C12H12N2O6S/c1-7-11(16)13-10(15)6-14(7)21(19,20)9-4-2-8(3-5-9)12(17)18/h2-5,7H,6H2,1H3,(H,17,18)(H,13,15,16). The molecule has 0 bridgehead atoms.